The van der Waals surface area contributed by atoms with Crippen molar-refractivity contribution in [1.82, 2.24) is 0 Å². The van der Waals surface area contributed by atoms with Crippen LogP contribution in [0.1, 0.15) is 19.8 Å². The Morgan fingerprint density at radius 1 is 2.00 bits per heavy atom. The van der Waals surface area contributed by atoms with Gasteiger partial charge in [-0.25, -0.2) is 0 Å². The second-order valence-electron chi connectivity index (χ2n) is 1.95. The van der Waals surface area contributed by atoms with Crippen LogP contribution >= 0.6 is 0 Å². The number of hydrogen-bond acceptors (Lipinski definition) is 1. The molecule has 1 heteroatoms. The number of aliphatic hydroxyl groups is 1. The zero-order valence-electron chi connectivity index (χ0n) is 4.32. The van der Waals surface area contributed by atoms with E-state index < -0.39 is 0 Å². The average Bonchev–Trinajstić information content (AvgIpc) is 2.22. The highest BCUT2D eigenvalue weighted by Gasteiger charge is 2.33. The van der Waals surface area contributed by atoms with Crippen LogP contribution in [0.15, 0.2) is 0 Å². The predicted molar refractivity (Wildman–Crippen MR) is 19.9 cm³/mol. The van der Waals surface area contributed by atoms with Gasteiger partial charge in [-0.2, -0.15) is 0 Å². The van der Waals surface area contributed by atoms with Crippen molar-refractivity contribution in [3.05, 3.63) is 0 Å². The van der Waals surface area contributed by atoms with Gasteiger partial charge in [-0.3, -0.25) is 0 Å². The first-order chi connectivity index (χ1) is 2.77. The third-order valence-electron chi connectivity index (χ3n) is 0.954. The van der Waals surface area contributed by atoms with E-state index in [9.17, 15) is 0 Å². The summed E-state index contributed by atoms with van der Waals surface area (Å²) in [5.41, 5.74) is -0.0417. The molecule has 0 saturated heterocycles. The van der Waals surface area contributed by atoms with Crippen LogP contribution in [0.25, 0.3) is 0 Å². The Hall–Kier alpha value is -0.0400. The molecule has 0 heterocycles. The minimum absolute atomic E-state index is 0.0417. The molecule has 0 bridgehead atoms. The van der Waals surface area contributed by atoms with E-state index in [0.29, 0.717) is 0 Å². The summed E-state index contributed by atoms with van der Waals surface area (Å²) in [6.45, 7) is 1.94. The third-order valence-corrected chi connectivity index (χ3v) is 0.954. The summed E-state index contributed by atoms with van der Waals surface area (Å²) in [6.07, 6.45) is 2.13. The SMILES string of the molecule is [3H]OC1(C)CC1. The van der Waals surface area contributed by atoms with Crippen LogP contribution in [0.5, 0.6) is 0 Å². The summed E-state index contributed by atoms with van der Waals surface area (Å²) < 4.78 is 6.42. The molecule has 1 nitrogen and oxygen atoms in total. The fourth-order valence-corrected chi connectivity index (χ4v) is 0.176. The first kappa shape index (κ1) is 2.19. The molecule has 0 aromatic carbocycles. The Morgan fingerprint density at radius 2 is 2.60 bits per heavy atom. The van der Waals surface area contributed by atoms with E-state index in [4.69, 9.17) is 1.43 Å². The lowest BCUT2D eigenvalue weighted by molar-refractivity contribution is 0.172. The van der Waals surface area contributed by atoms with Crippen molar-refractivity contribution in [1.29, 1.82) is 1.43 Å². The van der Waals surface area contributed by atoms with Crippen molar-refractivity contribution in [3.63, 3.8) is 0 Å². The van der Waals surface area contributed by atoms with E-state index in [1.165, 1.54) is 0 Å². The Bertz CT molecular complexity index is 58.6. The van der Waals surface area contributed by atoms with Gasteiger partial charge in [0.15, 0.2) is 0 Å². The molecule has 0 atom stereocenters. The van der Waals surface area contributed by atoms with Crippen LogP contribution in [-0.4, -0.2) is 12.1 Å². The second kappa shape index (κ2) is 0.548. The summed E-state index contributed by atoms with van der Waals surface area (Å²) in [5.74, 6) is 0. The lowest BCUT2D eigenvalue weighted by atomic mass is 10.4. The molecule has 0 aromatic heterocycles. The second-order valence-corrected chi connectivity index (χ2v) is 1.95. The average molecular weight is 74.1 g/mol. The van der Waals surface area contributed by atoms with Crippen molar-refractivity contribution >= 4 is 0 Å². The van der Waals surface area contributed by atoms with E-state index in [1.807, 2.05) is 6.92 Å². The lowest BCUT2D eigenvalue weighted by Gasteiger charge is -1.86. The Labute approximate surface area is 33.1 Å². The smallest absolute Gasteiger partial charge is 0.211 e. The largest absolute Gasteiger partial charge is 0.390 e. The zero-order valence-corrected chi connectivity index (χ0v) is 3.32. The van der Waals surface area contributed by atoms with Crippen LogP contribution in [0.3, 0.4) is 0 Å². The van der Waals surface area contributed by atoms with Gasteiger partial charge in [0, 0.05) is 0 Å². The molecule has 1 fully saturated rings. The van der Waals surface area contributed by atoms with E-state index in [2.05, 4.69) is 5.11 Å². The Morgan fingerprint density at radius 3 is 2.60 bits per heavy atom. The van der Waals surface area contributed by atoms with Gasteiger partial charge < -0.3 is 5.11 Å². The zero-order chi connectivity index (χ0) is 4.62. The highest BCUT2D eigenvalue weighted by molar-refractivity contribution is 4.87. The van der Waals surface area contributed by atoms with Crippen LogP contribution in [-0.2, 0) is 0 Å². The molecule has 0 aliphatic heterocycles. The van der Waals surface area contributed by atoms with Crippen LogP contribution in [0.4, 0.5) is 0 Å². The van der Waals surface area contributed by atoms with Gasteiger partial charge in [0.2, 0.25) is 1.43 Å². The number of hydrogen-bond donors (Lipinski definition) is 1. The topological polar surface area (TPSA) is 20.2 Å². The van der Waals surface area contributed by atoms with Crippen LogP contribution < -0.4 is 0 Å². The molecular weight excluding hydrogens is 64.0 g/mol. The van der Waals surface area contributed by atoms with Gasteiger partial charge in [0.05, 0.1) is 5.60 Å². The maximum absolute atomic E-state index is 6.42. The first-order valence-corrected chi connectivity index (χ1v) is 1.91. The summed E-state index contributed by atoms with van der Waals surface area (Å²) >= 11 is 0. The van der Waals surface area contributed by atoms with Gasteiger partial charge in [0.1, 0.15) is 0 Å². The normalized spacial score (nSPS) is 32.6. The summed E-state index contributed by atoms with van der Waals surface area (Å²) in [7, 11) is 0. The van der Waals surface area contributed by atoms with E-state index in [1.54, 1.807) is 0 Å². The van der Waals surface area contributed by atoms with Crippen LogP contribution in [0, 0.1) is 0 Å². The Kier molecular flexibility index (Phi) is 0.240. The minimum Gasteiger partial charge on any atom is -0.390 e. The molecular formula is C4H8O. The molecule has 30 valence electrons. The summed E-state index contributed by atoms with van der Waals surface area (Å²) in [4.78, 5) is 0. The van der Waals surface area contributed by atoms with E-state index in [0.717, 1.165) is 12.8 Å². The van der Waals surface area contributed by atoms with E-state index >= 15 is 0 Å². The quantitative estimate of drug-likeness (QED) is 0.481. The highest BCUT2D eigenvalue weighted by atomic mass is 16.3. The fraction of sp³-hybridized carbons (Fsp3) is 1.00. The minimum atomic E-state index is -0.0417. The van der Waals surface area contributed by atoms with Gasteiger partial charge >= 0.3 is 0 Å². The molecule has 1 aliphatic carbocycles. The molecule has 5 heavy (non-hydrogen) atoms. The molecule has 0 spiro atoms. The van der Waals surface area contributed by atoms with Crippen molar-refractivity contribution in [2.24, 2.45) is 0 Å². The molecule has 0 aromatic rings. The fourth-order valence-electron chi connectivity index (χ4n) is 0.176. The summed E-state index contributed by atoms with van der Waals surface area (Å²) in [6, 6.07) is 0. The summed E-state index contributed by atoms with van der Waals surface area (Å²) in [5, 5.41) is 4.30. The third kappa shape index (κ3) is 0.618. The van der Waals surface area contributed by atoms with Crippen molar-refractivity contribution in [2.75, 3.05) is 0 Å². The first-order valence-electron chi connectivity index (χ1n) is 2.32. The van der Waals surface area contributed by atoms with Gasteiger partial charge in [-0.15, -0.1) is 0 Å². The maximum atomic E-state index is 6.42. The number of rotatable bonds is 1. The molecule has 1 aliphatic rings. The van der Waals surface area contributed by atoms with Gasteiger partial charge in [0.25, 0.3) is 0 Å². The van der Waals surface area contributed by atoms with Gasteiger partial charge in [-0.1, -0.05) is 0 Å². The van der Waals surface area contributed by atoms with Crippen molar-refractivity contribution in [3.8, 4) is 0 Å². The molecule has 1 rings (SSSR count). The maximum Gasteiger partial charge on any atom is 0.211 e. The molecule has 0 radical (unpaired) electrons. The molecule has 0 unspecified atom stereocenters. The van der Waals surface area contributed by atoms with Crippen molar-refractivity contribution < 1.29 is 5.11 Å². The lowest BCUT2D eigenvalue weighted by Crippen LogP contribution is -1.94. The standard InChI is InChI=1S/C4H8O/c1-4(5)2-3-4/h5H,2-3H2,1H3/i5T. The van der Waals surface area contributed by atoms with Crippen LogP contribution in [0.2, 0.25) is 0 Å². The molecule has 1 N–H and O–H groups in total. The van der Waals surface area contributed by atoms with Crippen molar-refractivity contribution in [2.45, 2.75) is 25.4 Å². The monoisotopic (exact) mass is 74.1 g/mol. The molecule has 0 amide bonds. The van der Waals surface area contributed by atoms with Gasteiger partial charge in [-0.05, 0) is 19.8 Å². The highest BCUT2D eigenvalue weighted by Crippen LogP contribution is 2.33. The van der Waals surface area contributed by atoms with E-state index in [-0.39, 0.29) is 5.60 Å². The molecule has 1 saturated carbocycles. The predicted octanol–water partition coefficient (Wildman–Crippen LogP) is 0.531. The Balaban J connectivity index is 2.28.